The van der Waals surface area contributed by atoms with Crippen LogP contribution in [0.5, 0.6) is 0 Å². The van der Waals surface area contributed by atoms with Gasteiger partial charge in [-0.1, -0.05) is 224 Å². The summed E-state index contributed by atoms with van der Waals surface area (Å²) < 4.78 is 13.7. The van der Waals surface area contributed by atoms with E-state index in [0.29, 0.717) is 0 Å². The van der Waals surface area contributed by atoms with Crippen molar-refractivity contribution in [2.45, 2.75) is 6.92 Å². The summed E-state index contributed by atoms with van der Waals surface area (Å²) in [6.07, 6.45) is 14.5. The second kappa shape index (κ2) is 51.7. The molecule has 0 aliphatic heterocycles. The smallest absolute Gasteiger partial charge is 0.346 e. The first-order chi connectivity index (χ1) is 71.2. The molecule has 0 atom stereocenters. The second-order valence-corrected chi connectivity index (χ2v) is 33.4. The molecular formula is C131H89FN12Pt4. The predicted molar refractivity (Wildman–Crippen MR) is 582 cm³/mol. The van der Waals surface area contributed by atoms with E-state index < -0.39 is 0 Å². The van der Waals surface area contributed by atoms with Gasteiger partial charge in [0.15, 0.2) is 0 Å². The molecule has 0 saturated heterocycles. The van der Waals surface area contributed by atoms with Crippen LogP contribution in [0.1, 0.15) is 5.56 Å². The molecule has 0 saturated carbocycles. The second-order valence-electron chi connectivity index (χ2n) is 33.4. The van der Waals surface area contributed by atoms with E-state index in [1.54, 1.807) is 49.3 Å². The minimum absolute atomic E-state index is 0. The largest absolute Gasteiger partial charge is 2.00 e. The number of benzene rings is 15. The van der Waals surface area contributed by atoms with Crippen molar-refractivity contribution in [3.8, 4) is 123 Å². The van der Waals surface area contributed by atoms with Crippen molar-refractivity contribution >= 4 is 68.2 Å². The molecule has 8 aromatic heterocycles. The Hall–Kier alpha value is -16.6. The quantitative estimate of drug-likeness (QED) is 0.0568. The van der Waals surface area contributed by atoms with Crippen molar-refractivity contribution in [2.24, 2.45) is 0 Å². The SMILES string of the molecule is Cc1ccc(N(c2[c-]c(-c3ccccn3)ccc2)c2[c-]c(-c3ccccn3)ccc2)cc1.Fc1ccc(N(c2[c-]c(-c3ccccn3)ccc2)c2[c-]c(-c3ccccn3)ccc2)cc1.[Pt+2].[Pt+2].[Pt+2].[Pt+2].[c-]1c(-c2cc(-c3ccccc3)ccn2)cccc1N(c1[c-]c(-c2cc(-c3ccccc3)ccn2)ccc1)c1ccccc1.[c-]1c(-c2ccccn2)cccc1N(c1[c-]c(-c2ccccn2)ccc1)c1ccc(-c2ccccc2)cc1. The molecule has 0 amide bonds. The number of aryl methyl sites for hydroxylation is 1. The van der Waals surface area contributed by atoms with Crippen LogP contribution < -0.4 is 19.6 Å². The summed E-state index contributed by atoms with van der Waals surface area (Å²) in [5.74, 6) is -0.286. The van der Waals surface area contributed by atoms with Gasteiger partial charge in [0.05, 0.1) is 0 Å². The number of nitrogens with zero attached hydrogens (tertiary/aromatic N) is 12. The zero-order valence-electron chi connectivity index (χ0n) is 79.7. The van der Waals surface area contributed by atoms with Crippen molar-refractivity contribution in [2.75, 3.05) is 19.6 Å². The van der Waals surface area contributed by atoms with E-state index in [0.717, 1.165) is 181 Å². The van der Waals surface area contributed by atoms with Gasteiger partial charge in [0.1, 0.15) is 5.82 Å². The molecule has 8 heterocycles. The summed E-state index contributed by atoms with van der Waals surface area (Å²) in [6, 6.07) is 186. The van der Waals surface area contributed by atoms with Gasteiger partial charge in [-0.05, 0) is 241 Å². The molecule has 0 fully saturated rings. The molecule has 0 aliphatic rings. The summed E-state index contributed by atoms with van der Waals surface area (Å²) in [5.41, 5.74) is 33.4. The average molecular weight is 2630 g/mol. The van der Waals surface area contributed by atoms with Crippen molar-refractivity contribution in [3.05, 3.63) is 583 Å². The Bertz CT molecular complexity index is 7560. The Morgan fingerprint density at radius 3 is 0.601 bits per heavy atom. The molecule has 0 bridgehead atoms. The molecule has 12 nitrogen and oxygen atoms in total. The Kier molecular flexibility index (Phi) is 36.4. The van der Waals surface area contributed by atoms with Crippen LogP contribution in [0.3, 0.4) is 0 Å². The van der Waals surface area contributed by atoms with Crippen LogP contribution in [0.2, 0.25) is 0 Å². The van der Waals surface area contributed by atoms with Gasteiger partial charge in [-0.2, -0.15) is 0 Å². The minimum atomic E-state index is -0.286. The van der Waals surface area contributed by atoms with Crippen molar-refractivity contribution in [1.29, 1.82) is 0 Å². The topological polar surface area (TPSA) is 116 Å². The fourth-order valence-corrected chi connectivity index (χ4v) is 16.7. The van der Waals surface area contributed by atoms with Gasteiger partial charge >= 0.3 is 84.3 Å². The van der Waals surface area contributed by atoms with Gasteiger partial charge < -0.3 is 59.5 Å². The Morgan fingerprint density at radius 2 is 0.358 bits per heavy atom. The molecule has 148 heavy (non-hydrogen) atoms. The number of anilines is 12. The molecule has 23 aromatic rings. The van der Waals surface area contributed by atoms with Gasteiger partial charge in [-0.3, -0.25) is 0 Å². The van der Waals surface area contributed by atoms with Gasteiger partial charge in [0.2, 0.25) is 0 Å². The number of aromatic nitrogens is 8. The average Bonchev–Trinajstić information content (AvgIpc) is 0.797. The van der Waals surface area contributed by atoms with E-state index in [1.165, 1.54) is 28.8 Å². The maximum Gasteiger partial charge on any atom is 2.00 e. The van der Waals surface area contributed by atoms with Gasteiger partial charge in [0, 0.05) is 72.3 Å². The van der Waals surface area contributed by atoms with E-state index in [9.17, 15) is 4.39 Å². The van der Waals surface area contributed by atoms with E-state index in [-0.39, 0.29) is 90.1 Å². The molecule has 720 valence electrons. The third-order valence-corrected chi connectivity index (χ3v) is 23.7. The summed E-state index contributed by atoms with van der Waals surface area (Å²) in [6.45, 7) is 2.09. The molecule has 15 aromatic carbocycles. The van der Waals surface area contributed by atoms with E-state index >= 15 is 0 Å². The maximum absolute atomic E-state index is 13.7. The molecule has 0 radical (unpaired) electrons. The Labute approximate surface area is 921 Å². The summed E-state index contributed by atoms with van der Waals surface area (Å²) in [4.78, 5) is 44.9. The van der Waals surface area contributed by atoms with Crippen LogP contribution in [0.25, 0.3) is 123 Å². The van der Waals surface area contributed by atoms with Crippen LogP contribution in [0, 0.1) is 61.3 Å². The van der Waals surface area contributed by atoms with Gasteiger partial charge in [-0.15, -0.1) is 239 Å². The zero-order valence-corrected chi connectivity index (χ0v) is 88.8. The Morgan fingerprint density at radius 1 is 0.162 bits per heavy atom. The maximum atomic E-state index is 13.7. The minimum Gasteiger partial charge on any atom is -0.346 e. The van der Waals surface area contributed by atoms with Crippen molar-refractivity contribution < 1.29 is 88.7 Å². The van der Waals surface area contributed by atoms with E-state index in [2.05, 4.69) is 306 Å². The summed E-state index contributed by atoms with van der Waals surface area (Å²) in [5, 5.41) is 0. The standard InChI is InChI=1S/C40H27N3.C34H23N3.C29H21N3.C28H18FN3.4Pt/c1-4-12-30(13-5-1)32-22-24-41-39(28-32)34-16-10-20-37(26-34)43(36-18-8-3-9-19-36)38-21-11-17-35(27-38)40-29-33(23-25-42-40)31-14-6-2-7-15-31;1-2-10-26(11-3-1)27-18-20-30(21-19-27)37(31-14-8-12-28(24-31)33-16-4-6-22-35-33)32-15-9-13-29(25-32)34-17-5-7-23-36-34;1-22-14-16-25(17-15-22)32(26-10-6-8-23(20-26)28-12-2-4-18-30-28)27-11-7-9-24(21-27)29-13-3-5-19-31-29;29-23-13-15-24(16-14-23)32(25-9-5-7-21(19-25)27-11-1-3-17-30-27)26-10-6-8-22(20-26)28-12-2-4-18-31-28;;;;/h1-25,28-29H;1-23H;2-19H,1H3;1-18H;;;;/q4*-2;4*+2. The fourth-order valence-electron chi connectivity index (χ4n) is 16.7. The third kappa shape index (κ3) is 26.2. The third-order valence-electron chi connectivity index (χ3n) is 23.7. The first-order valence-electron chi connectivity index (χ1n) is 47.2. The number of para-hydroxylation sites is 1. The Balaban J connectivity index is 0.000000141. The molecule has 0 N–H and O–H groups in total. The number of hydrogen-bond donors (Lipinski definition) is 0. The van der Waals surface area contributed by atoms with Crippen molar-refractivity contribution in [1.82, 2.24) is 39.9 Å². The monoisotopic (exact) mass is 2630 g/mol. The van der Waals surface area contributed by atoms with Crippen LogP contribution in [0.15, 0.2) is 523 Å². The molecule has 17 heteroatoms. The van der Waals surface area contributed by atoms with Crippen LogP contribution >= 0.6 is 0 Å². The van der Waals surface area contributed by atoms with Crippen molar-refractivity contribution in [3.63, 3.8) is 0 Å². The van der Waals surface area contributed by atoms with Crippen LogP contribution in [-0.4, -0.2) is 39.9 Å². The van der Waals surface area contributed by atoms with Gasteiger partial charge in [-0.25, -0.2) is 4.39 Å². The molecular weight excluding hydrogens is 2540 g/mol. The normalized spacial score (nSPS) is 10.4. The molecule has 0 aliphatic carbocycles. The predicted octanol–water partition coefficient (Wildman–Crippen LogP) is 33.0. The van der Waals surface area contributed by atoms with Gasteiger partial charge in [0.25, 0.3) is 0 Å². The van der Waals surface area contributed by atoms with Crippen LogP contribution in [0.4, 0.5) is 72.6 Å². The first kappa shape index (κ1) is 104. The molecule has 0 unspecified atom stereocenters. The van der Waals surface area contributed by atoms with E-state index in [1.807, 2.05) is 260 Å². The number of hydrogen-bond acceptors (Lipinski definition) is 12. The summed E-state index contributed by atoms with van der Waals surface area (Å²) >= 11 is 0. The summed E-state index contributed by atoms with van der Waals surface area (Å²) in [7, 11) is 0. The number of rotatable bonds is 23. The molecule has 23 rings (SSSR count). The molecule has 0 spiro atoms. The first-order valence-corrected chi connectivity index (χ1v) is 47.2. The fraction of sp³-hybridized carbons (Fsp3) is 0.00763. The number of halogens is 1. The number of pyridine rings is 8. The van der Waals surface area contributed by atoms with E-state index in [4.69, 9.17) is 9.97 Å². The van der Waals surface area contributed by atoms with Crippen LogP contribution in [-0.2, 0) is 84.3 Å². The zero-order chi connectivity index (χ0) is 97.2.